The molecule has 0 radical (unpaired) electrons. The molecule has 2 rings (SSSR count). The van der Waals surface area contributed by atoms with Crippen LogP contribution in [0.4, 0.5) is 16.2 Å². The standard InChI is InChI=1S/C17H25N3O3/c1-17(2,3)23-16(22)20-10-8-12(9-11-20)15(21)19-14-7-5-4-6-13(14)18/h4-7,12H,8-11,18H2,1-3H3,(H,19,21). The minimum Gasteiger partial charge on any atom is -0.444 e. The highest BCUT2D eigenvalue weighted by Crippen LogP contribution is 2.23. The third kappa shape index (κ3) is 4.87. The molecule has 0 atom stereocenters. The third-order valence-corrected chi connectivity index (χ3v) is 3.74. The lowest BCUT2D eigenvalue weighted by atomic mass is 9.96. The highest BCUT2D eigenvalue weighted by atomic mass is 16.6. The van der Waals surface area contributed by atoms with Crippen LogP contribution in [0, 0.1) is 5.92 Å². The van der Waals surface area contributed by atoms with Crippen LogP contribution in [-0.2, 0) is 9.53 Å². The summed E-state index contributed by atoms with van der Waals surface area (Å²) in [5, 5.41) is 2.86. The van der Waals surface area contributed by atoms with Crippen LogP contribution < -0.4 is 11.1 Å². The smallest absolute Gasteiger partial charge is 0.410 e. The molecule has 0 spiro atoms. The summed E-state index contributed by atoms with van der Waals surface area (Å²) in [6.07, 6.45) is 0.930. The summed E-state index contributed by atoms with van der Waals surface area (Å²) in [5.41, 5.74) is 6.51. The summed E-state index contributed by atoms with van der Waals surface area (Å²) in [7, 11) is 0. The Morgan fingerprint density at radius 2 is 1.83 bits per heavy atom. The van der Waals surface area contributed by atoms with E-state index in [9.17, 15) is 9.59 Å². The van der Waals surface area contributed by atoms with E-state index in [4.69, 9.17) is 10.5 Å². The molecule has 1 aromatic rings. The zero-order chi connectivity index (χ0) is 17.0. The number of nitrogens with zero attached hydrogens (tertiary/aromatic N) is 1. The number of amides is 2. The number of carbonyl (C=O) groups excluding carboxylic acids is 2. The number of para-hydroxylation sites is 2. The van der Waals surface area contributed by atoms with Gasteiger partial charge in [-0.05, 0) is 45.7 Å². The van der Waals surface area contributed by atoms with Gasteiger partial charge in [0.25, 0.3) is 0 Å². The van der Waals surface area contributed by atoms with Gasteiger partial charge < -0.3 is 20.7 Å². The molecule has 1 aliphatic heterocycles. The van der Waals surface area contributed by atoms with Crippen LogP contribution in [0.2, 0.25) is 0 Å². The van der Waals surface area contributed by atoms with Gasteiger partial charge in [0.1, 0.15) is 5.60 Å². The van der Waals surface area contributed by atoms with E-state index in [1.807, 2.05) is 32.9 Å². The highest BCUT2D eigenvalue weighted by Gasteiger charge is 2.30. The summed E-state index contributed by atoms with van der Waals surface area (Å²) in [6.45, 7) is 6.58. The molecule has 0 saturated carbocycles. The molecule has 1 saturated heterocycles. The molecule has 2 amide bonds. The maximum Gasteiger partial charge on any atom is 0.410 e. The first kappa shape index (κ1) is 17.1. The monoisotopic (exact) mass is 319 g/mol. The van der Waals surface area contributed by atoms with Crippen molar-refractivity contribution in [1.82, 2.24) is 4.90 Å². The van der Waals surface area contributed by atoms with E-state index in [0.717, 1.165) is 0 Å². The quantitative estimate of drug-likeness (QED) is 0.821. The number of nitrogens with one attached hydrogen (secondary N) is 1. The lowest BCUT2D eigenvalue weighted by molar-refractivity contribution is -0.121. The molecule has 1 fully saturated rings. The Hall–Kier alpha value is -2.24. The van der Waals surface area contributed by atoms with Crippen LogP contribution in [0.5, 0.6) is 0 Å². The molecule has 1 aliphatic rings. The first-order valence-electron chi connectivity index (χ1n) is 7.89. The van der Waals surface area contributed by atoms with Gasteiger partial charge in [0.15, 0.2) is 0 Å². The molecule has 1 heterocycles. The zero-order valence-electron chi connectivity index (χ0n) is 14.0. The molecule has 126 valence electrons. The lowest BCUT2D eigenvalue weighted by Gasteiger charge is -2.33. The van der Waals surface area contributed by atoms with Gasteiger partial charge in [0, 0.05) is 19.0 Å². The second-order valence-corrected chi connectivity index (χ2v) is 6.82. The van der Waals surface area contributed by atoms with Crippen molar-refractivity contribution in [2.45, 2.75) is 39.2 Å². The lowest BCUT2D eigenvalue weighted by Crippen LogP contribution is -2.43. The fourth-order valence-electron chi connectivity index (χ4n) is 2.50. The number of anilines is 2. The molecule has 0 unspecified atom stereocenters. The van der Waals surface area contributed by atoms with Crippen molar-refractivity contribution in [3.05, 3.63) is 24.3 Å². The van der Waals surface area contributed by atoms with Gasteiger partial charge in [-0.2, -0.15) is 0 Å². The average Bonchev–Trinajstić information content (AvgIpc) is 2.48. The van der Waals surface area contributed by atoms with Crippen molar-refractivity contribution < 1.29 is 14.3 Å². The van der Waals surface area contributed by atoms with Crippen LogP contribution in [0.3, 0.4) is 0 Å². The molecule has 0 bridgehead atoms. The minimum absolute atomic E-state index is 0.0493. The molecule has 6 nitrogen and oxygen atoms in total. The van der Waals surface area contributed by atoms with E-state index < -0.39 is 5.60 Å². The van der Waals surface area contributed by atoms with Gasteiger partial charge in [-0.25, -0.2) is 4.79 Å². The molecular formula is C17H25N3O3. The van der Waals surface area contributed by atoms with Crippen molar-refractivity contribution in [2.75, 3.05) is 24.1 Å². The Morgan fingerprint density at radius 3 is 2.39 bits per heavy atom. The van der Waals surface area contributed by atoms with Gasteiger partial charge >= 0.3 is 6.09 Å². The number of likely N-dealkylation sites (tertiary alicyclic amines) is 1. The van der Waals surface area contributed by atoms with Crippen LogP contribution in [-0.4, -0.2) is 35.6 Å². The average molecular weight is 319 g/mol. The van der Waals surface area contributed by atoms with E-state index in [0.29, 0.717) is 37.3 Å². The Kier molecular flexibility index (Phi) is 5.13. The first-order chi connectivity index (χ1) is 10.8. The van der Waals surface area contributed by atoms with Gasteiger partial charge in [-0.1, -0.05) is 12.1 Å². The van der Waals surface area contributed by atoms with Crippen molar-refractivity contribution in [1.29, 1.82) is 0 Å². The maximum atomic E-state index is 12.3. The molecule has 0 aliphatic carbocycles. The maximum absolute atomic E-state index is 12.3. The number of hydrogen-bond acceptors (Lipinski definition) is 4. The predicted octanol–water partition coefficient (Wildman–Crippen LogP) is 2.85. The highest BCUT2D eigenvalue weighted by molar-refractivity contribution is 5.95. The number of rotatable bonds is 2. The van der Waals surface area contributed by atoms with Crippen molar-refractivity contribution in [3.8, 4) is 0 Å². The van der Waals surface area contributed by atoms with Crippen LogP contribution in [0.1, 0.15) is 33.6 Å². The number of benzene rings is 1. The SMILES string of the molecule is CC(C)(C)OC(=O)N1CCC(C(=O)Nc2ccccc2N)CC1. The molecule has 3 N–H and O–H groups in total. The number of piperidine rings is 1. The van der Waals surface area contributed by atoms with Gasteiger partial charge in [0.2, 0.25) is 5.91 Å². The number of nitrogens with two attached hydrogens (primary N) is 1. The van der Waals surface area contributed by atoms with Crippen LogP contribution >= 0.6 is 0 Å². The second kappa shape index (κ2) is 6.89. The number of hydrogen-bond donors (Lipinski definition) is 2. The second-order valence-electron chi connectivity index (χ2n) is 6.82. The summed E-state index contributed by atoms with van der Waals surface area (Å²) in [6, 6.07) is 7.19. The normalized spacial score (nSPS) is 16.0. The van der Waals surface area contributed by atoms with E-state index in [-0.39, 0.29) is 17.9 Å². The zero-order valence-corrected chi connectivity index (χ0v) is 14.0. The van der Waals surface area contributed by atoms with Crippen LogP contribution in [0.25, 0.3) is 0 Å². The Balaban J connectivity index is 1.85. The molecule has 23 heavy (non-hydrogen) atoms. The van der Waals surface area contributed by atoms with E-state index >= 15 is 0 Å². The van der Waals surface area contributed by atoms with Crippen molar-refractivity contribution >= 4 is 23.4 Å². The first-order valence-corrected chi connectivity index (χ1v) is 7.89. The molecule has 6 heteroatoms. The fourth-order valence-corrected chi connectivity index (χ4v) is 2.50. The molecular weight excluding hydrogens is 294 g/mol. The number of ether oxygens (including phenoxy) is 1. The van der Waals surface area contributed by atoms with Crippen molar-refractivity contribution in [2.24, 2.45) is 5.92 Å². The Labute approximate surface area is 137 Å². The summed E-state index contributed by atoms with van der Waals surface area (Å²) < 4.78 is 5.35. The summed E-state index contributed by atoms with van der Waals surface area (Å²) >= 11 is 0. The molecule has 1 aromatic carbocycles. The van der Waals surface area contributed by atoms with Gasteiger partial charge in [0.05, 0.1) is 11.4 Å². The van der Waals surface area contributed by atoms with E-state index in [1.165, 1.54) is 0 Å². The predicted molar refractivity (Wildman–Crippen MR) is 90.0 cm³/mol. The summed E-state index contributed by atoms with van der Waals surface area (Å²) in [4.78, 5) is 26.0. The summed E-state index contributed by atoms with van der Waals surface area (Å²) in [5.74, 6) is -0.167. The van der Waals surface area contributed by atoms with Crippen LogP contribution in [0.15, 0.2) is 24.3 Å². The van der Waals surface area contributed by atoms with E-state index in [1.54, 1.807) is 17.0 Å². The van der Waals surface area contributed by atoms with Gasteiger partial charge in [-0.15, -0.1) is 0 Å². The Morgan fingerprint density at radius 1 is 1.22 bits per heavy atom. The van der Waals surface area contributed by atoms with Gasteiger partial charge in [-0.3, -0.25) is 4.79 Å². The topological polar surface area (TPSA) is 84.7 Å². The molecule has 0 aromatic heterocycles. The number of carbonyl (C=O) groups is 2. The fraction of sp³-hybridized carbons (Fsp3) is 0.529. The largest absolute Gasteiger partial charge is 0.444 e. The Bertz CT molecular complexity index is 573. The van der Waals surface area contributed by atoms with E-state index in [2.05, 4.69) is 5.32 Å². The third-order valence-electron chi connectivity index (χ3n) is 3.74. The van der Waals surface area contributed by atoms with Crippen molar-refractivity contribution in [3.63, 3.8) is 0 Å². The minimum atomic E-state index is -0.504. The number of nitrogen functional groups attached to an aromatic ring is 1.